The second-order valence-corrected chi connectivity index (χ2v) is 7.57. The molecule has 0 aliphatic heterocycles. The van der Waals surface area contributed by atoms with Crippen molar-refractivity contribution in [2.75, 3.05) is 0 Å². The minimum atomic E-state index is 0. The van der Waals surface area contributed by atoms with Crippen molar-refractivity contribution in [2.45, 2.75) is 31.4 Å². The minimum Gasteiger partial charge on any atom is -0.379 e. The molecule has 0 atom stereocenters. The first-order valence-corrected chi connectivity index (χ1v) is 9.69. The summed E-state index contributed by atoms with van der Waals surface area (Å²) in [4.78, 5) is 12.3. The number of benzene rings is 2. The third kappa shape index (κ3) is 7.70. The number of nitrogens with one attached hydrogen (secondary N) is 1. The molecule has 2 aromatic carbocycles. The molecule has 2 aromatic rings. The second-order valence-electron chi connectivity index (χ2n) is 5.74. The quantitative estimate of drug-likeness (QED) is 0.372. The van der Waals surface area contributed by atoms with Crippen molar-refractivity contribution in [2.24, 2.45) is 5.73 Å². The van der Waals surface area contributed by atoms with Gasteiger partial charge in [0, 0.05) is 18.6 Å². The highest BCUT2D eigenvalue weighted by atomic mass is 79.9. The van der Waals surface area contributed by atoms with Crippen molar-refractivity contribution in [3.8, 4) is 0 Å². The maximum absolute atomic E-state index is 12.3. The molecule has 3 N–H and O–H groups in total. The van der Waals surface area contributed by atoms with Crippen molar-refractivity contribution in [1.82, 2.24) is 0 Å². The molecule has 0 amide bonds. The van der Waals surface area contributed by atoms with Crippen molar-refractivity contribution in [1.29, 1.82) is 5.41 Å². The largest absolute Gasteiger partial charge is 0.379 e. The van der Waals surface area contributed by atoms with Gasteiger partial charge >= 0.3 is 0 Å². The smallest absolute Gasteiger partial charge is 0.151 e. The van der Waals surface area contributed by atoms with Crippen LogP contribution in [0, 0.1) is 5.41 Å². The highest BCUT2D eigenvalue weighted by Crippen LogP contribution is 2.23. The zero-order valence-electron chi connectivity index (χ0n) is 14.1. The van der Waals surface area contributed by atoms with Gasteiger partial charge in [0.05, 0.1) is 10.0 Å². The number of Topliss-reactive ketones (excluding diaryl/α,β-unsaturated/α-hetero) is 1. The Morgan fingerprint density at radius 2 is 1.77 bits per heavy atom. The first-order chi connectivity index (χ1) is 12.0. The van der Waals surface area contributed by atoms with Crippen LogP contribution in [0.4, 0.5) is 0 Å². The van der Waals surface area contributed by atoms with Crippen LogP contribution in [0.25, 0.3) is 0 Å². The van der Waals surface area contributed by atoms with Gasteiger partial charge in [-0.15, -0.1) is 17.0 Å². The van der Waals surface area contributed by atoms with Crippen molar-refractivity contribution in [3.05, 3.63) is 69.2 Å². The molecule has 0 aromatic heterocycles. The van der Waals surface area contributed by atoms with Crippen LogP contribution in [0.3, 0.4) is 0 Å². The fourth-order valence-corrected chi connectivity index (χ4v) is 3.43. The molecular weight excluding hydrogens is 455 g/mol. The molecule has 0 heterocycles. The van der Waals surface area contributed by atoms with Gasteiger partial charge in [-0.3, -0.25) is 10.2 Å². The lowest BCUT2D eigenvalue weighted by Crippen LogP contribution is -2.07. The average Bonchev–Trinajstić information content (AvgIpc) is 2.57. The summed E-state index contributed by atoms with van der Waals surface area (Å²) < 4.78 is 0. The van der Waals surface area contributed by atoms with Crippen molar-refractivity contribution >= 4 is 62.9 Å². The van der Waals surface area contributed by atoms with E-state index < -0.39 is 0 Å². The summed E-state index contributed by atoms with van der Waals surface area (Å²) in [5.41, 5.74) is 8.54. The molecule has 3 nitrogen and oxygen atoms in total. The van der Waals surface area contributed by atoms with E-state index in [9.17, 15) is 4.79 Å². The Morgan fingerprint density at radius 3 is 2.42 bits per heavy atom. The number of aryl methyl sites for hydroxylation is 1. The molecule has 0 fully saturated rings. The third-order valence-corrected chi connectivity index (χ3v) is 5.30. The molecule has 0 radical (unpaired) electrons. The molecule has 0 spiro atoms. The number of amidine groups is 1. The van der Waals surface area contributed by atoms with Crippen LogP contribution in [0.2, 0.25) is 10.0 Å². The summed E-state index contributed by atoms with van der Waals surface area (Å²) in [5.74, 6) is 0.822. The number of halogens is 3. The predicted octanol–water partition coefficient (Wildman–Crippen LogP) is 5.83. The van der Waals surface area contributed by atoms with Crippen LogP contribution < -0.4 is 5.73 Å². The molecule has 0 aliphatic carbocycles. The molecule has 26 heavy (non-hydrogen) atoms. The molecule has 7 heteroatoms. The SMILES string of the molecule is Br.N=C(N)SCc1ccccc1CC(=O)CCCc1ccc(Cl)c(Cl)c1. The molecular formula is C19H21BrCl2N2OS. The van der Waals surface area contributed by atoms with Gasteiger partial charge in [-0.05, 0) is 41.7 Å². The van der Waals surface area contributed by atoms with Crippen LogP contribution in [-0.2, 0) is 23.4 Å². The number of ketones is 1. The Balaban J connectivity index is 0.00000338. The Kier molecular flexibility index (Phi) is 10.3. The Labute approximate surface area is 178 Å². The van der Waals surface area contributed by atoms with Crippen LogP contribution in [0.1, 0.15) is 29.5 Å². The van der Waals surface area contributed by atoms with Gasteiger partial charge in [-0.25, -0.2) is 0 Å². The summed E-state index contributed by atoms with van der Waals surface area (Å²) in [6, 6.07) is 13.4. The van der Waals surface area contributed by atoms with E-state index in [4.69, 9.17) is 34.3 Å². The normalized spacial score (nSPS) is 10.2. The van der Waals surface area contributed by atoms with E-state index in [2.05, 4.69) is 0 Å². The fraction of sp³-hybridized carbons (Fsp3) is 0.263. The van der Waals surface area contributed by atoms with E-state index in [1.165, 1.54) is 11.8 Å². The lowest BCUT2D eigenvalue weighted by Gasteiger charge is -2.08. The summed E-state index contributed by atoms with van der Waals surface area (Å²) >= 11 is 13.2. The molecule has 0 saturated carbocycles. The van der Waals surface area contributed by atoms with E-state index in [-0.39, 0.29) is 27.9 Å². The summed E-state index contributed by atoms with van der Waals surface area (Å²) in [6.45, 7) is 0. The predicted molar refractivity (Wildman–Crippen MR) is 118 cm³/mol. The maximum atomic E-state index is 12.3. The standard InChI is InChI=1S/C19H20Cl2N2OS.BrH/c20-17-9-8-13(10-18(17)21)4-3-7-16(24)11-14-5-1-2-6-15(14)12-25-19(22)23;/h1-2,5-6,8-10H,3-4,7,11-12H2,(H3,22,23);1H. The van der Waals surface area contributed by atoms with Gasteiger partial charge in [0.1, 0.15) is 5.78 Å². The summed E-state index contributed by atoms with van der Waals surface area (Å²) in [7, 11) is 0. The number of thioether (sulfide) groups is 1. The van der Waals surface area contributed by atoms with E-state index in [1.54, 1.807) is 6.07 Å². The van der Waals surface area contributed by atoms with Gasteiger partial charge in [0.25, 0.3) is 0 Å². The van der Waals surface area contributed by atoms with Gasteiger partial charge < -0.3 is 5.73 Å². The number of nitrogens with two attached hydrogens (primary N) is 1. The minimum absolute atomic E-state index is 0. The molecule has 0 aliphatic rings. The Hall–Kier alpha value is -1.01. The van der Waals surface area contributed by atoms with Crippen LogP contribution in [0.15, 0.2) is 42.5 Å². The van der Waals surface area contributed by atoms with Crippen LogP contribution in [0.5, 0.6) is 0 Å². The molecule has 0 bridgehead atoms. The average molecular weight is 476 g/mol. The third-order valence-electron chi connectivity index (χ3n) is 3.79. The Morgan fingerprint density at radius 1 is 1.08 bits per heavy atom. The molecule has 0 unspecified atom stereocenters. The van der Waals surface area contributed by atoms with E-state index in [0.717, 1.165) is 29.5 Å². The number of carbonyl (C=O) groups excluding carboxylic acids is 1. The van der Waals surface area contributed by atoms with Gasteiger partial charge in [0.2, 0.25) is 0 Å². The van der Waals surface area contributed by atoms with Gasteiger partial charge in [0.15, 0.2) is 5.17 Å². The Bertz CT molecular complexity index is 771. The zero-order chi connectivity index (χ0) is 18.2. The monoisotopic (exact) mass is 474 g/mol. The summed E-state index contributed by atoms with van der Waals surface area (Å²) in [5, 5.41) is 8.49. The van der Waals surface area contributed by atoms with E-state index in [1.807, 2.05) is 36.4 Å². The topological polar surface area (TPSA) is 66.9 Å². The van der Waals surface area contributed by atoms with Crippen LogP contribution in [-0.4, -0.2) is 11.0 Å². The maximum Gasteiger partial charge on any atom is 0.151 e. The fourth-order valence-electron chi connectivity index (χ4n) is 2.51. The first kappa shape index (κ1) is 23.0. The van der Waals surface area contributed by atoms with Crippen molar-refractivity contribution < 1.29 is 4.79 Å². The zero-order valence-corrected chi connectivity index (χ0v) is 18.2. The highest BCUT2D eigenvalue weighted by Gasteiger charge is 2.09. The van der Waals surface area contributed by atoms with E-state index in [0.29, 0.717) is 28.6 Å². The molecule has 140 valence electrons. The second kappa shape index (κ2) is 11.7. The highest BCUT2D eigenvalue weighted by molar-refractivity contribution is 8.93. The summed E-state index contributed by atoms with van der Waals surface area (Å²) in [6.07, 6.45) is 2.51. The van der Waals surface area contributed by atoms with E-state index >= 15 is 0 Å². The number of hydrogen-bond acceptors (Lipinski definition) is 3. The van der Waals surface area contributed by atoms with Gasteiger partial charge in [-0.2, -0.15) is 0 Å². The van der Waals surface area contributed by atoms with Crippen LogP contribution >= 0.6 is 51.9 Å². The lowest BCUT2D eigenvalue weighted by atomic mass is 9.99. The molecule has 0 saturated heterocycles. The number of carbonyl (C=O) groups is 1. The number of rotatable bonds is 8. The van der Waals surface area contributed by atoms with Gasteiger partial charge in [-0.1, -0.05) is 65.3 Å². The van der Waals surface area contributed by atoms with Crippen molar-refractivity contribution in [3.63, 3.8) is 0 Å². The lowest BCUT2D eigenvalue weighted by molar-refractivity contribution is -0.118. The number of hydrogen-bond donors (Lipinski definition) is 2. The first-order valence-electron chi connectivity index (χ1n) is 7.95. The molecule has 2 rings (SSSR count).